The van der Waals surface area contributed by atoms with Crippen LogP contribution in [0.1, 0.15) is 46.5 Å². The number of hydrogen-bond donors (Lipinski definition) is 1. The van der Waals surface area contributed by atoms with E-state index < -0.39 is 9.84 Å². The van der Waals surface area contributed by atoms with Gasteiger partial charge < -0.3 is 5.32 Å². The standard InChI is InChI=1S/C13H27NO2S/c1-5-14-13(11(3)17(4,15)16)12-8-6-10(2)7-9-12/h10-14H,5-9H2,1-4H3. The SMILES string of the molecule is CCNC(C1CCC(C)CC1)C(C)S(C)(=O)=O. The fourth-order valence-corrected chi connectivity index (χ4v) is 3.71. The summed E-state index contributed by atoms with van der Waals surface area (Å²) in [7, 11) is -2.95. The molecule has 102 valence electrons. The fourth-order valence-electron chi connectivity index (χ4n) is 2.86. The minimum atomic E-state index is -2.95. The first kappa shape index (κ1) is 15.0. The van der Waals surface area contributed by atoms with E-state index in [2.05, 4.69) is 12.2 Å². The molecule has 1 rings (SSSR count). The molecule has 1 aliphatic rings. The Bertz CT molecular complexity index is 318. The summed E-state index contributed by atoms with van der Waals surface area (Å²) in [5.74, 6) is 1.33. The van der Waals surface area contributed by atoms with Crippen LogP contribution in [0.15, 0.2) is 0 Å². The van der Waals surface area contributed by atoms with E-state index in [4.69, 9.17) is 0 Å². The molecule has 1 fully saturated rings. The molecule has 0 radical (unpaired) electrons. The Morgan fingerprint density at radius 2 is 1.76 bits per heavy atom. The highest BCUT2D eigenvalue weighted by atomic mass is 32.2. The van der Waals surface area contributed by atoms with Gasteiger partial charge in [0.05, 0.1) is 5.25 Å². The van der Waals surface area contributed by atoms with E-state index >= 15 is 0 Å². The number of nitrogens with one attached hydrogen (secondary N) is 1. The summed E-state index contributed by atoms with van der Waals surface area (Å²) < 4.78 is 23.4. The monoisotopic (exact) mass is 261 g/mol. The number of rotatable bonds is 5. The smallest absolute Gasteiger partial charge is 0.151 e. The lowest BCUT2D eigenvalue weighted by Gasteiger charge is -2.36. The van der Waals surface area contributed by atoms with Crippen LogP contribution in [0.2, 0.25) is 0 Å². The zero-order chi connectivity index (χ0) is 13.1. The zero-order valence-electron chi connectivity index (χ0n) is 11.6. The third-order valence-corrected chi connectivity index (χ3v) is 5.83. The zero-order valence-corrected chi connectivity index (χ0v) is 12.4. The Morgan fingerprint density at radius 3 is 2.18 bits per heavy atom. The maximum absolute atomic E-state index is 11.7. The lowest BCUT2D eigenvalue weighted by molar-refractivity contribution is 0.229. The highest BCUT2D eigenvalue weighted by Crippen LogP contribution is 2.32. The normalized spacial score (nSPS) is 29.9. The highest BCUT2D eigenvalue weighted by Gasteiger charge is 2.33. The van der Waals surface area contributed by atoms with E-state index in [0.717, 1.165) is 12.5 Å². The van der Waals surface area contributed by atoms with Crippen LogP contribution in [-0.2, 0) is 9.84 Å². The summed E-state index contributed by atoms with van der Waals surface area (Å²) in [5, 5.41) is 3.12. The van der Waals surface area contributed by atoms with Crippen LogP contribution < -0.4 is 5.32 Å². The Balaban J connectivity index is 2.72. The second-order valence-corrected chi connectivity index (χ2v) is 8.04. The molecule has 0 heterocycles. The quantitative estimate of drug-likeness (QED) is 0.825. The maximum atomic E-state index is 11.7. The van der Waals surface area contributed by atoms with Gasteiger partial charge in [0.1, 0.15) is 0 Å². The molecule has 3 nitrogen and oxygen atoms in total. The van der Waals surface area contributed by atoms with Crippen molar-refractivity contribution in [2.24, 2.45) is 11.8 Å². The van der Waals surface area contributed by atoms with Gasteiger partial charge in [-0.1, -0.05) is 26.7 Å². The summed E-state index contributed by atoms with van der Waals surface area (Å²) in [6.45, 7) is 7.03. The largest absolute Gasteiger partial charge is 0.313 e. The van der Waals surface area contributed by atoms with Gasteiger partial charge in [-0.3, -0.25) is 0 Å². The van der Waals surface area contributed by atoms with E-state index in [-0.39, 0.29) is 11.3 Å². The summed E-state index contributed by atoms with van der Waals surface area (Å²) in [5.41, 5.74) is 0. The van der Waals surface area contributed by atoms with Crippen molar-refractivity contribution in [2.75, 3.05) is 12.8 Å². The van der Waals surface area contributed by atoms with Crippen LogP contribution in [0.3, 0.4) is 0 Å². The average Bonchev–Trinajstić information content (AvgIpc) is 2.25. The van der Waals surface area contributed by atoms with Crippen LogP contribution >= 0.6 is 0 Å². The van der Waals surface area contributed by atoms with Gasteiger partial charge in [-0.25, -0.2) is 8.42 Å². The first-order valence-corrected chi connectivity index (χ1v) is 8.74. The Morgan fingerprint density at radius 1 is 1.24 bits per heavy atom. The van der Waals surface area contributed by atoms with Crippen molar-refractivity contribution in [3.63, 3.8) is 0 Å². The lowest BCUT2D eigenvalue weighted by atomic mass is 9.78. The summed E-state index contributed by atoms with van der Waals surface area (Å²) in [6, 6.07) is 0.127. The second kappa shape index (κ2) is 6.19. The molecule has 2 unspecified atom stereocenters. The first-order valence-electron chi connectivity index (χ1n) is 6.78. The van der Waals surface area contributed by atoms with Gasteiger partial charge in [-0.2, -0.15) is 0 Å². The summed E-state index contributed by atoms with van der Waals surface area (Å²) in [4.78, 5) is 0. The van der Waals surface area contributed by atoms with Gasteiger partial charge in [0.15, 0.2) is 9.84 Å². The van der Waals surface area contributed by atoms with Gasteiger partial charge in [0, 0.05) is 12.3 Å². The molecule has 2 atom stereocenters. The van der Waals surface area contributed by atoms with Gasteiger partial charge in [0.25, 0.3) is 0 Å². The predicted octanol–water partition coefficient (Wildman–Crippen LogP) is 2.22. The number of sulfone groups is 1. The Hall–Kier alpha value is -0.0900. The van der Waals surface area contributed by atoms with Crippen molar-refractivity contribution in [3.8, 4) is 0 Å². The molecule has 1 saturated carbocycles. The minimum absolute atomic E-state index is 0.127. The molecule has 0 saturated heterocycles. The highest BCUT2D eigenvalue weighted by molar-refractivity contribution is 7.91. The van der Waals surface area contributed by atoms with Crippen molar-refractivity contribution >= 4 is 9.84 Å². The van der Waals surface area contributed by atoms with E-state index in [1.807, 2.05) is 13.8 Å². The maximum Gasteiger partial charge on any atom is 0.151 e. The molecule has 0 aromatic carbocycles. The molecule has 1 aliphatic carbocycles. The molecule has 0 aromatic rings. The summed E-state index contributed by atoms with van der Waals surface area (Å²) in [6.07, 6.45) is 6.16. The minimum Gasteiger partial charge on any atom is -0.313 e. The van der Waals surface area contributed by atoms with E-state index in [1.165, 1.54) is 31.9 Å². The van der Waals surface area contributed by atoms with Crippen LogP contribution in [-0.4, -0.2) is 32.5 Å². The van der Waals surface area contributed by atoms with Crippen LogP contribution in [0.25, 0.3) is 0 Å². The molecule has 1 N–H and O–H groups in total. The predicted molar refractivity (Wildman–Crippen MR) is 72.9 cm³/mol. The average molecular weight is 261 g/mol. The first-order chi connectivity index (χ1) is 7.86. The van der Waals surface area contributed by atoms with Crippen molar-refractivity contribution in [3.05, 3.63) is 0 Å². The molecule has 0 bridgehead atoms. The number of hydrogen-bond acceptors (Lipinski definition) is 3. The molecule has 0 spiro atoms. The van der Waals surface area contributed by atoms with Crippen LogP contribution in [0.4, 0.5) is 0 Å². The van der Waals surface area contributed by atoms with E-state index in [1.54, 1.807) is 0 Å². The molecular weight excluding hydrogens is 234 g/mol. The van der Waals surface area contributed by atoms with Crippen LogP contribution in [0, 0.1) is 11.8 Å². The molecule has 4 heteroatoms. The fraction of sp³-hybridized carbons (Fsp3) is 1.00. The molecular formula is C13H27NO2S. The second-order valence-electron chi connectivity index (χ2n) is 5.64. The molecule has 17 heavy (non-hydrogen) atoms. The van der Waals surface area contributed by atoms with Gasteiger partial charge >= 0.3 is 0 Å². The van der Waals surface area contributed by atoms with Crippen molar-refractivity contribution in [2.45, 2.75) is 57.7 Å². The van der Waals surface area contributed by atoms with Crippen molar-refractivity contribution in [1.82, 2.24) is 5.32 Å². The van der Waals surface area contributed by atoms with Gasteiger partial charge in [0.2, 0.25) is 0 Å². The molecule has 0 amide bonds. The lowest BCUT2D eigenvalue weighted by Crippen LogP contribution is -2.48. The third-order valence-electron chi connectivity index (χ3n) is 4.19. The van der Waals surface area contributed by atoms with Gasteiger partial charge in [-0.05, 0) is 38.1 Å². The summed E-state index contributed by atoms with van der Waals surface area (Å²) >= 11 is 0. The van der Waals surface area contributed by atoms with Gasteiger partial charge in [-0.15, -0.1) is 0 Å². The van der Waals surface area contributed by atoms with Crippen molar-refractivity contribution < 1.29 is 8.42 Å². The van der Waals surface area contributed by atoms with Crippen LogP contribution in [0.5, 0.6) is 0 Å². The topological polar surface area (TPSA) is 46.2 Å². The Kier molecular flexibility index (Phi) is 5.45. The van der Waals surface area contributed by atoms with E-state index in [0.29, 0.717) is 5.92 Å². The third kappa shape index (κ3) is 4.25. The molecule has 0 aromatic heterocycles. The van der Waals surface area contributed by atoms with E-state index in [9.17, 15) is 8.42 Å². The van der Waals surface area contributed by atoms with Crippen molar-refractivity contribution in [1.29, 1.82) is 0 Å². The molecule has 0 aliphatic heterocycles. The Labute approximate surface area is 106 Å².